The SMILES string of the molecule is CC[C@H]1CCc2c(C)cnn2C1.COC1(C)CCc2c(C)cnn2C1.COCC1CCc2c(C)cnn2C1.Cc1cnn2c1C(F)(F)CCC2.Cc1cnn2c1CCC(C)(O)C2.Cc1cnn2c1CCC(N1CCCC1)C2.Cc1cnn2c1CCCC2.Cc1cnn2c1CCCC2.Cc1cnn2c1NCCC2.Cc1nn2c(c1C)CCCC2. The highest BCUT2D eigenvalue weighted by molar-refractivity contribution is 5.44. The van der Waals surface area contributed by atoms with E-state index in [0.29, 0.717) is 31.0 Å². The van der Waals surface area contributed by atoms with Crippen LogP contribution in [0.1, 0.15) is 242 Å². The van der Waals surface area contributed by atoms with Gasteiger partial charge in [0.25, 0.3) is 5.92 Å². The maximum atomic E-state index is 13.2. The van der Waals surface area contributed by atoms with Crippen LogP contribution in [-0.4, -0.2) is 166 Å². The standard InChI is InChI=1S/C12H19N3.2C10H16N2O.C10H16N2.C9H14N2O.C9H14N2.C8H10F2N2.2C8H12N2.C7H11N3/c1-10-8-13-15-9-11(4-5-12(10)15)14-6-2-3-7-14;1-8-6-11-12-7-10(2,13-3)5-4-9(8)12;1-8-5-11-12-6-9(7-13-2)3-4-10(8)12;1-3-9-4-5-10-8(2)6-11-12(10)7-9;1-7-5-10-11-6-9(2,12)4-3-8(7)11;1-7-8(2)10-11-6-4-3-5-9(7)11;1-6-5-11-12-4-2-3-8(9,10)7(6)12;2*1-7-6-9-10-5-3-2-4-8(7)10;1-6-5-9-10-4-2-3-8-7(6)10/h8,11H,2-7,9H2,1H3;6H,4-5,7H2,1-3H3;5,9H,3-4,6-7H2,1-2H3;6,9H,3-5,7H2,1-2H3;5,12H,3-4,6H2,1-2H3;3-6H2,1-2H3;5H,2-4H2,1H3;2*6H,2-5H2,1H3;5,8H,2-4H2,1H3/t;;;9-;;;;;;/m...0....../s1. The van der Waals surface area contributed by atoms with Gasteiger partial charge < -0.3 is 19.9 Å². The van der Waals surface area contributed by atoms with Gasteiger partial charge in [-0.25, -0.2) is 4.68 Å². The number of nitrogens with one attached hydrogen (secondary N) is 1. The van der Waals surface area contributed by atoms with Crippen LogP contribution in [0.4, 0.5) is 14.6 Å². The van der Waals surface area contributed by atoms with Crippen molar-refractivity contribution < 1.29 is 23.4 Å². The Hall–Kier alpha value is -8.40. The summed E-state index contributed by atoms with van der Waals surface area (Å²) in [5, 5.41) is 55.9. The molecule has 0 bridgehead atoms. The minimum absolute atomic E-state index is 0.0224. The van der Waals surface area contributed by atoms with Crippen LogP contribution in [0.15, 0.2) is 55.8 Å². The number of aliphatic hydroxyl groups is 1. The lowest BCUT2D eigenvalue weighted by Gasteiger charge is -2.33. The lowest BCUT2D eigenvalue weighted by Crippen LogP contribution is -2.39. The van der Waals surface area contributed by atoms with E-state index in [1.54, 1.807) is 21.1 Å². The Morgan fingerprint density at radius 3 is 1.34 bits per heavy atom. The lowest BCUT2D eigenvalue weighted by atomic mass is 9.94. The summed E-state index contributed by atoms with van der Waals surface area (Å²) in [6.45, 7) is 43.7. The average Bonchev–Trinajstić information content (AvgIpc) is 1.62. The summed E-state index contributed by atoms with van der Waals surface area (Å²) in [6, 6.07) is 0.749. The Labute approximate surface area is 700 Å². The second-order valence-corrected chi connectivity index (χ2v) is 35.6. The van der Waals surface area contributed by atoms with Gasteiger partial charge in [0.1, 0.15) is 11.5 Å². The molecule has 0 aromatic carbocycles. The highest BCUT2D eigenvalue weighted by Gasteiger charge is 2.40. The fourth-order valence-corrected chi connectivity index (χ4v) is 18.6. The van der Waals surface area contributed by atoms with Crippen molar-refractivity contribution in [2.75, 3.05) is 45.8 Å². The number of aromatic nitrogens is 20. The van der Waals surface area contributed by atoms with Crippen LogP contribution in [0.2, 0.25) is 0 Å². The summed E-state index contributed by atoms with van der Waals surface area (Å²) >= 11 is 0. The maximum absolute atomic E-state index is 13.2. The van der Waals surface area contributed by atoms with E-state index in [0.717, 1.165) is 110 Å². The van der Waals surface area contributed by atoms with E-state index in [2.05, 4.69) is 177 Å². The molecule has 2 N–H and O–H groups in total. The third-order valence-electron chi connectivity index (χ3n) is 26.3. The molecule has 11 aliphatic rings. The summed E-state index contributed by atoms with van der Waals surface area (Å²) in [5.41, 5.74) is 24.7. The van der Waals surface area contributed by atoms with E-state index < -0.39 is 11.5 Å². The predicted molar refractivity (Wildman–Crippen MR) is 461 cm³/mol. The molecule has 10 aromatic heterocycles. The molecule has 0 saturated carbocycles. The topological polar surface area (TPSA) is 232 Å². The molecule has 118 heavy (non-hydrogen) atoms. The van der Waals surface area contributed by atoms with Gasteiger partial charge in [-0.2, -0.15) is 59.8 Å². The second kappa shape index (κ2) is 40.8. The van der Waals surface area contributed by atoms with Crippen molar-refractivity contribution in [2.24, 2.45) is 11.8 Å². The van der Waals surface area contributed by atoms with Crippen LogP contribution in [0.5, 0.6) is 0 Å². The van der Waals surface area contributed by atoms with Crippen molar-refractivity contribution in [1.29, 1.82) is 0 Å². The second-order valence-electron chi connectivity index (χ2n) is 35.6. The lowest BCUT2D eigenvalue weighted by molar-refractivity contribution is -0.0370. The van der Waals surface area contributed by atoms with E-state index in [4.69, 9.17) is 9.47 Å². The largest absolute Gasteiger partial charge is 0.388 e. The Kier molecular flexibility index (Phi) is 30.7. The van der Waals surface area contributed by atoms with E-state index in [1.165, 1.54) is 247 Å². The number of nitrogens with zero attached hydrogens (tertiary/aromatic N) is 21. The van der Waals surface area contributed by atoms with Gasteiger partial charge in [0.2, 0.25) is 0 Å². The number of hydrogen-bond acceptors (Lipinski definition) is 15. The number of alkyl halides is 2. The minimum atomic E-state index is -2.67. The predicted octanol–water partition coefficient (Wildman–Crippen LogP) is 15.6. The van der Waals surface area contributed by atoms with Gasteiger partial charge in [0.05, 0.1) is 98.9 Å². The molecule has 10 aromatic rings. The van der Waals surface area contributed by atoms with Crippen molar-refractivity contribution in [3.8, 4) is 0 Å². The molecule has 5 atom stereocenters. The van der Waals surface area contributed by atoms with Crippen LogP contribution in [0.3, 0.4) is 0 Å². The summed E-state index contributed by atoms with van der Waals surface area (Å²) in [4.78, 5) is 2.65. The van der Waals surface area contributed by atoms with E-state index in [-0.39, 0.29) is 17.7 Å². The maximum Gasteiger partial charge on any atom is 0.289 e. The van der Waals surface area contributed by atoms with Crippen molar-refractivity contribution in [3.05, 3.63) is 168 Å². The smallest absolute Gasteiger partial charge is 0.289 e. The van der Waals surface area contributed by atoms with Gasteiger partial charge in [-0.3, -0.25) is 47.0 Å². The number of likely N-dealkylation sites (tertiary alicyclic amines) is 1. The van der Waals surface area contributed by atoms with Gasteiger partial charge >= 0.3 is 0 Å². The third kappa shape index (κ3) is 22.4. The molecule has 21 rings (SSSR count). The molecule has 25 nitrogen and oxygen atoms in total. The monoisotopic (exact) mass is 1630 g/mol. The normalized spacial score (nSPS) is 21.8. The van der Waals surface area contributed by atoms with E-state index in [9.17, 15) is 13.9 Å². The first-order chi connectivity index (χ1) is 56.7. The first-order valence-corrected chi connectivity index (χ1v) is 44.5. The molecule has 0 spiro atoms. The summed E-state index contributed by atoms with van der Waals surface area (Å²) < 4.78 is 57.5. The molecule has 27 heteroatoms. The number of aryl methyl sites for hydroxylation is 15. The summed E-state index contributed by atoms with van der Waals surface area (Å²) in [7, 11) is 3.55. The van der Waals surface area contributed by atoms with Gasteiger partial charge in [-0.05, 0) is 307 Å². The zero-order chi connectivity index (χ0) is 83.8. The van der Waals surface area contributed by atoms with Crippen LogP contribution in [0.25, 0.3) is 0 Å². The number of anilines is 1. The summed E-state index contributed by atoms with van der Waals surface area (Å²) in [5.74, 6) is 0.0404. The molecular weight excluding hydrogens is 1490 g/mol. The highest BCUT2D eigenvalue weighted by atomic mass is 19.3. The Morgan fingerprint density at radius 2 is 0.822 bits per heavy atom. The molecule has 11 aliphatic heterocycles. The third-order valence-corrected chi connectivity index (χ3v) is 26.3. The van der Waals surface area contributed by atoms with Crippen LogP contribution < -0.4 is 5.32 Å². The number of methoxy groups -OCH3 is 2. The van der Waals surface area contributed by atoms with Crippen molar-refractivity contribution in [2.45, 2.75) is 346 Å². The molecule has 4 unspecified atom stereocenters. The van der Waals surface area contributed by atoms with Gasteiger partial charge in [-0.15, -0.1) is 0 Å². The zero-order valence-corrected chi connectivity index (χ0v) is 74.4. The fourth-order valence-electron chi connectivity index (χ4n) is 18.6. The van der Waals surface area contributed by atoms with Crippen molar-refractivity contribution in [3.63, 3.8) is 0 Å². The molecule has 21 heterocycles. The van der Waals surface area contributed by atoms with E-state index >= 15 is 0 Å². The quantitative estimate of drug-likeness (QED) is 0.163. The number of halogens is 2. The zero-order valence-electron chi connectivity index (χ0n) is 74.4. The highest BCUT2D eigenvalue weighted by Crippen LogP contribution is 2.39. The number of rotatable bonds is 5. The molecular formula is C91H140F2N22O3. The Bertz CT molecular complexity index is 4680. The first-order valence-electron chi connectivity index (χ1n) is 44.5. The van der Waals surface area contributed by atoms with Crippen LogP contribution >= 0.6 is 0 Å². The van der Waals surface area contributed by atoms with Crippen molar-refractivity contribution in [1.82, 2.24) is 103 Å². The molecule has 0 radical (unpaired) electrons. The summed E-state index contributed by atoms with van der Waals surface area (Å²) in [6.07, 6.45) is 46.0. The minimum Gasteiger partial charge on any atom is -0.388 e. The molecule has 1 fully saturated rings. The number of hydrogen-bond donors (Lipinski definition) is 2. The van der Waals surface area contributed by atoms with Crippen LogP contribution in [-0.2, 0) is 132 Å². The molecule has 0 amide bonds. The number of fused-ring (bicyclic) bond motifs is 10. The fraction of sp³-hybridized carbons (Fsp3) is 0.670. The number of ether oxygens (including phenoxy) is 2. The average molecular weight is 1630 g/mol. The van der Waals surface area contributed by atoms with Gasteiger partial charge in [0.15, 0.2) is 0 Å². The molecule has 646 valence electrons. The Morgan fingerprint density at radius 1 is 0.407 bits per heavy atom. The molecule has 1 saturated heterocycles. The van der Waals surface area contributed by atoms with Crippen LogP contribution in [0, 0.1) is 88.0 Å². The van der Waals surface area contributed by atoms with Gasteiger partial charge in [-0.1, -0.05) is 13.3 Å². The molecule has 0 aliphatic carbocycles. The van der Waals surface area contributed by atoms with Gasteiger partial charge in [0, 0.05) is 136 Å². The van der Waals surface area contributed by atoms with E-state index in [1.807, 2.05) is 65.9 Å². The Balaban J connectivity index is 0.000000121. The van der Waals surface area contributed by atoms with Crippen molar-refractivity contribution >= 4 is 5.82 Å². The first kappa shape index (κ1) is 88.9.